The van der Waals surface area contributed by atoms with Crippen LogP contribution in [0.1, 0.15) is 73.1 Å². The van der Waals surface area contributed by atoms with E-state index >= 15 is 0 Å². The Hall–Kier alpha value is -2.27. The Morgan fingerprint density at radius 1 is 1.33 bits per heavy atom. The van der Waals surface area contributed by atoms with E-state index in [-0.39, 0.29) is 11.7 Å². The number of thioether (sulfide) groups is 1. The van der Waals surface area contributed by atoms with E-state index in [9.17, 15) is 10.1 Å². The number of anilines is 1. The van der Waals surface area contributed by atoms with E-state index in [4.69, 9.17) is 0 Å². The third kappa shape index (κ3) is 3.61. The van der Waals surface area contributed by atoms with Gasteiger partial charge >= 0.3 is 0 Å². The second-order valence-electron chi connectivity index (χ2n) is 7.47. The summed E-state index contributed by atoms with van der Waals surface area (Å²) in [5.74, 6) is 2.18. The lowest BCUT2D eigenvalue weighted by atomic mass is 10.2. The van der Waals surface area contributed by atoms with Gasteiger partial charge < -0.3 is 9.88 Å². The number of rotatable bonds is 6. The van der Waals surface area contributed by atoms with Gasteiger partial charge in [-0.2, -0.15) is 5.26 Å². The topological polar surface area (TPSA) is 99.4 Å². The molecule has 7 nitrogen and oxygen atoms in total. The zero-order valence-corrected chi connectivity index (χ0v) is 16.5. The van der Waals surface area contributed by atoms with Crippen LogP contribution in [0, 0.1) is 25.2 Å². The SMILES string of the molecule is Cc1c(C#N)c(NC(=O)CSc2n[nH]c(C3CC3)n2)n(C2CCCC2)c1C. The monoisotopic (exact) mass is 384 g/mol. The number of aromatic amines is 1. The van der Waals surface area contributed by atoms with Crippen molar-refractivity contribution in [1.29, 1.82) is 5.26 Å². The molecule has 142 valence electrons. The van der Waals surface area contributed by atoms with Gasteiger partial charge in [-0.1, -0.05) is 24.6 Å². The first-order valence-corrected chi connectivity index (χ1v) is 10.5. The summed E-state index contributed by atoms with van der Waals surface area (Å²) in [5.41, 5.74) is 2.60. The first kappa shape index (κ1) is 18.1. The van der Waals surface area contributed by atoms with Crippen molar-refractivity contribution in [3.05, 3.63) is 22.6 Å². The summed E-state index contributed by atoms with van der Waals surface area (Å²) in [7, 11) is 0. The van der Waals surface area contributed by atoms with Gasteiger partial charge in [-0.25, -0.2) is 4.98 Å². The molecule has 8 heteroatoms. The molecule has 2 N–H and O–H groups in total. The van der Waals surface area contributed by atoms with Gasteiger partial charge in [0.15, 0.2) is 0 Å². The number of aromatic nitrogens is 4. The van der Waals surface area contributed by atoms with Gasteiger partial charge in [-0.05, 0) is 45.1 Å². The standard InChI is InChI=1S/C19H24N6OS/c1-11-12(2)25(14-5-3-4-6-14)18(15(11)9-20)21-16(26)10-27-19-22-17(23-24-19)13-7-8-13/h13-14H,3-8,10H2,1-2H3,(H,21,26)(H,22,23,24). The summed E-state index contributed by atoms with van der Waals surface area (Å²) in [6.07, 6.45) is 6.90. The first-order chi connectivity index (χ1) is 13.1. The minimum atomic E-state index is -0.133. The van der Waals surface area contributed by atoms with Gasteiger partial charge in [-0.15, -0.1) is 5.10 Å². The molecule has 0 unspecified atom stereocenters. The summed E-state index contributed by atoms with van der Waals surface area (Å²) in [5, 5.41) is 20.3. The van der Waals surface area contributed by atoms with Crippen LogP contribution in [0.4, 0.5) is 5.82 Å². The number of nitrogens with zero attached hydrogens (tertiary/aromatic N) is 4. The molecule has 0 aliphatic heterocycles. The molecule has 2 fully saturated rings. The van der Waals surface area contributed by atoms with E-state index in [1.54, 1.807) is 0 Å². The average molecular weight is 385 g/mol. The molecule has 0 radical (unpaired) electrons. The molecule has 4 rings (SSSR count). The molecule has 2 saturated carbocycles. The fourth-order valence-corrected chi connectivity index (χ4v) is 4.47. The van der Waals surface area contributed by atoms with Crippen LogP contribution in [-0.4, -0.2) is 31.4 Å². The highest BCUT2D eigenvalue weighted by Crippen LogP contribution is 2.39. The molecule has 2 aromatic rings. The molecule has 2 heterocycles. The zero-order valence-electron chi connectivity index (χ0n) is 15.7. The summed E-state index contributed by atoms with van der Waals surface area (Å²) < 4.78 is 2.17. The van der Waals surface area contributed by atoms with E-state index in [1.165, 1.54) is 24.6 Å². The van der Waals surface area contributed by atoms with Crippen molar-refractivity contribution in [3.63, 3.8) is 0 Å². The number of amides is 1. The second-order valence-corrected chi connectivity index (χ2v) is 8.41. The van der Waals surface area contributed by atoms with Gasteiger partial charge in [0, 0.05) is 17.7 Å². The predicted octanol–water partition coefficient (Wildman–Crippen LogP) is 3.82. The van der Waals surface area contributed by atoms with E-state index < -0.39 is 0 Å². The average Bonchev–Trinajstić information content (AvgIpc) is 3.08. The Kier molecular flexibility index (Phi) is 4.96. The highest BCUT2D eigenvalue weighted by molar-refractivity contribution is 7.99. The highest BCUT2D eigenvalue weighted by Gasteiger charge is 2.28. The van der Waals surface area contributed by atoms with Crippen LogP contribution in [0.2, 0.25) is 0 Å². The van der Waals surface area contributed by atoms with Crippen molar-refractivity contribution in [2.75, 3.05) is 11.1 Å². The van der Waals surface area contributed by atoms with Gasteiger partial charge in [0.1, 0.15) is 17.7 Å². The Bertz CT molecular complexity index is 898. The lowest BCUT2D eigenvalue weighted by molar-refractivity contribution is -0.113. The lowest BCUT2D eigenvalue weighted by Gasteiger charge is -2.19. The maximum Gasteiger partial charge on any atom is 0.235 e. The number of carbonyl (C=O) groups is 1. The van der Waals surface area contributed by atoms with Crippen LogP contribution in [0.5, 0.6) is 0 Å². The zero-order chi connectivity index (χ0) is 19.0. The third-order valence-corrected chi connectivity index (χ3v) is 6.44. The molecule has 0 aromatic carbocycles. The Morgan fingerprint density at radius 3 is 2.74 bits per heavy atom. The number of carbonyl (C=O) groups excluding carboxylic acids is 1. The maximum atomic E-state index is 12.6. The number of nitriles is 1. The third-order valence-electron chi connectivity index (χ3n) is 5.59. The Morgan fingerprint density at radius 2 is 2.07 bits per heavy atom. The molecular formula is C19H24N6OS. The number of hydrogen-bond donors (Lipinski definition) is 2. The van der Waals surface area contributed by atoms with E-state index in [1.807, 2.05) is 13.8 Å². The summed E-state index contributed by atoms with van der Waals surface area (Å²) in [4.78, 5) is 17.0. The van der Waals surface area contributed by atoms with Gasteiger partial charge in [0.05, 0.1) is 11.3 Å². The number of H-pyrrole nitrogens is 1. The molecule has 1 amide bonds. The second kappa shape index (κ2) is 7.39. The van der Waals surface area contributed by atoms with Crippen molar-refractivity contribution in [2.24, 2.45) is 0 Å². The quantitative estimate of drug-likeness (QED) is 0.738. The molecule has 0 atom stereocenters. The smallest absolute Gasteiger partial charge is 0.235 e. The predicted molar refractivity (Wildman–Crippen MR) is 104 cm³/mol. The first-order valence-electron chi connectivity index (χ1n) is 9.55. The van der Waals surface area contributed by atoms with E-state index in [2.05, 4.69) is 31.1 Å². The van der Waals surface area contributed by atoms with Crippen LogP contribution in [0.3, 0.4) is 0 Å². The fraction of sp³-hybridized carbons (Fsp3) is 0.579. The molecule has 2 aliphatic carbocycles. The molecule has 2 aliphatic rings. The molecule has 0 bridgehead atoms. The van der Waals surface area contributed by atoms with Gasteiger partial charge in [0.2, 0.25) is 11.1 Å². The van der Waals surface area contributed by atoms with Gasteiger partial charge in [0.25, 0.3) is 0 Å². The normalized spacial score (nSPS) is 17.2. The summed E-state index contributed by atoms with van der Waals surface area (Å²) in [6.45, 7) is 3.99. The molecule has 0 saturated heterocycles. The Balaban J connectivity index is 1.48. The van der Waals surface area contributed by atoms with Gasteiger partial charge in [-0.3, -0.25) is 9.89 Å². The summed E-state index contributed by atoms with van der Waals surface area (Å²) in [6, 6.07) is 2.64. The number of hydrogen-bond acceptors (Lipinski definition) is 5. The molecular weight excluding hydrogens is 360 g/mol. The van der Waals surface area contributed by atoms with Crippen LogP contribution in [0.15, 0.2) is 5.16 Å². The van der Waals surface area contributed by atoms with Crippen molar-refractivity contribution in [1.82, 2.24) is 19.7 Å². The fourth-order valence-electron chi connectivity index (χ4n) is 3.87. The van der Waals surface area contributed by atoms with Crippen molar-refractivity contribution < 1.29 is 4.79 Å². The van der Waals surface area contributed by atoms with E-state index in [0.29, 0.717) is 28.5 Å². The van der Waals surface area contributed by atoms with Crippen LogP contribution in [-0.2, 0) is 4.79 Å². The van der Waals surface area contributed by atoms with Crippen molar-refractivity contribution >= 4 is 23.5 Å². The number of nitrogens with one attached hydrogen (secondary N) is 2. The minimum Gasteiger partial charge on any atom is -0.327 e. The summed E-state index contributed by atoms with van der Waals surface area (Å²) >= 11 is 1.32. The minimum absolute atomic E-state index is 0.133. The molecule has 0 spiro atoms. The van der Waals surface area contributed by atoms with E-state index in [0.717, 1.165) is 42.8 Å². The molecule has 27 heavy (non-hydrogen) atoms. The maximum absolute atomic E-state index is 12.6. The Labute approximate surface area is 162 Å². The van der Waals surface area contributed by atoms with Crippen LogP contribution >= 0.6 is 11.8 Å². The highest BCUT2D eigenvalue weighted by atomic mass is 32.2. The van der Waals surface area contributed by atoms with Crippen LogP contribution < -0.4 is 5.32 Å². The van der Waals surface area contributed by atoms with Crippen molar-refractivity contribution in [2.45, 2.75) is 69.5 Å². The molecule has 2 aromatic heterocycles. The van der Waals surface area contributed by atoms with Crippen molar-refractivity contribution in [3.8, 4) is 6.07 Å². The van der Waals surface area contributed by atoms with Crippen LogP contribution in [0.25, 0.3) is 0 Å². The largest absolute Gasteiger partial charge is 0.327 e. The lowest BCUT2D eigenvalue weighted by Crippen LogP contribution is -2.19.